The van der Waals surface area contributed by atoms with E-state index in [2.05, 4.69) is 15.6 Å². The van der Waals surface area contributed by atoms with Gasteiger partial charge in [0.15, 0.2) is 0 Å². The Morgan fingerprint density at radius 2 is 1.88 bits per heavy atom. The number of halogens is 1. The summed E-state index contributed by atoms with van der Waals surface area (Å²) in [6.07, 6.45) is 3.40. The number of hydrogen-bond acceptors (Lipinski definition) is 3. The summed E-state index contributed by atoms with van der Waals surface area (Å²) in [4.78, 5) is 16.7. The number of aromatic nitrogens is 2. The third-order valence-corrected chi connectivity index (χ3v) is 3.87. The molecule has 0 unspecified atom stereocenters. The van der Waals surface area contributed by atoms with Gasteiger partial charge in [-0.25, -0.2) is 14.2 Å². The number of nitriles is 1. The molecule has 1 atom stereocenters. The first-order chi connectivity index (χ1) is 12.6. The van der Waals surface area contributed by atoms with Crippen molar-refractivity contribution in [2.75, 3.05) is 5.32 Å². The molecule has 1 aromatic heterocycles. The number of nitrogens with one attached hydrogen (secondary N) is 2. The zero-order chi connectivity index (χ0) is 18.5. The minimum absolute atomic E-state index is 0.352. The summed E-state index contributed by atoms with van der Waals surface area (Å²) < 4.78 is 15.0. The molecule has 0 saturated heterocycles. The monoisotopic (exact) mass is 349 g/mol. The van der Waals surface area contributed by atoms with Crippen LogP contribution < -0.4 is 10.6 Å². The van der Waals surface area contributed by atoms with E-state index in [4.69, 9.17) is 5.26 Å². The molecule has 0 saturated carbocycles. The summed E-state index contributed by atoms with van der Waals surface area (Å²) in [6.45, 7) is 0. The van der Waals surface area contributed by atoms with Crippen molar-refractivity contribution in [3.63, 3.8) is 0 Å². The molecule has 3 rings (SSSR count). The zero-order valence-electron chi connectivity index (χ0n) is 14.0. The van der Waals surface area contributed by atoms with Crippen LogP contribution in [0.1, 0.15) is 23.0 Å². The number of amides is 2. The minimum Gasteiger partial charge on any atom is -0.336 e. The third-order valence-electron chi connectivity index (χ3n) is 3.87. The second kappa shape index (κ2) is 7.49. The molecular weight excluding hydrogens is 333 g/mol. The predicted molar refractivity (Wildman–Crippen MR) is 94.8 cm³/mol. The van der Waals surface area contributed by atoms with Gasteiger partial charge >= 0.3 is 6.03 Å². The number of carbonyl (C=O) groups is 1. The highest BCUT2D eigenvalue weighted by molar-refractivity contribution is 5.89. The van der Waals surface area contributed by atoms with Crippen LogP contribution in [0.2, 0.25) is 0 Å². The fourth-order valence-electron chi connectivity index (χ4n) is 2.53. The summed E-state index contributed by atoms with van der Waals surface area (Å²) in [5, 5.41) is 14.4. The highest BCUT2D eigenvalue weighted by atomic mass is 19.1. The molecule has 2 N–H and O–H groups in total. The molecule has 0 aliphatic carbocycles. The molecule has 0 spiro atoms. The Morgan fingerprint density at radius 3 is 2.46 bits per heavy atom. The van der Waals surface area contributed by atoms with Gasteiger partial charge in [-0.1, -0.05) is 12.1 Å². The van der Waals surface area contributed by atoms with Crippen molar-refractivity contribution in [3.05, 3.63) is 83.7 Å². The fourth-order valence-corrected chi connectivity index (χ4v) is 2.53. The molecule has 7 heteroatoms. The van der Waals surface area contributed by atoms with Gasteiger partial charge in [0.1, 0.15) is 17.7 Å². The maximum Gasteiger partial charge on any atom is 0.320 e. The van der Waals surface area contributed by atoms with Gasteiger partial charge in [-0.3, -0.25) is 0 Å². The first-order valence-corrected chi connectivity index (χ1v) is 7.87. The first-order valence-electron chi connectivity index (χ1n) is 7.87. The molecule has 6 nitrogen and oxygen atoms in total. The molecule has 1 heterocycles. The molecule has 0 aliphatic heterocycles. The van der Waals surface area contributed by atoms with Crippen molar-refractivity contribution < 1.29 is 9.18 Å². The molecule has 3 aromatic rings. The number of hydrogen-bond donors (Lipinski definition) is 2. The largest absolute Gasteiger partial charge is 0.336 e. The lowest BCUT2D eigenvalue weighted by Crippen LogP contribution is -2.34. The van der Waals surface area contributed by atoms with Crippen molar-refractivity contribution >= 4 is 11.7 Å². The van der Waals surface area contributed by atoms with E-state index >= 15 is 0 Å². The average Bonchev–Trinajstić information content (AvgIpc) is 3.07. The molecule has 2 aromatic carbocycles. The van der Waals surface area contributed by atoms with Crippen LogP contribution in [0.4, 0.5) is 14.9 Å². The number of rotatable bonds is 4. The van der Waals surface area contributed by atoms with E-state index in [1.807, 2.05) is 13.1 Å². The molecule has 130 valence electrons. The van der Waals surface area contributed by atoms with Crippen LogP contribution in [0.25, 0.3) is 0 Å². The van der Waals surface area contributed by atoms with Crippen molar-refractivity contribution in [1.29, 1.82) is 5.26 Å². The quantitative estimate of drug-likeness (QED) is 0.758. The van der Waals surface area contributed by atoms with Crippen molar-refractivity contribution in [1.82, 2.24) is 14.9 Å². The lowest BCUT2D eigenvalue weighted by Gasteiger charge is -2.19. The molecular formula is C19H16FN5O. The predicted octanol–water partition coefficient (Wildman–Crippen LogP) is 3.34. The van der Waals surface area contributed by atoms with Crippen LogP contribution in [-0.4, -0.2) is 15.6 Å². The lowest BCUT2D eigenvalue weighted by molar-refractivity contribution is 0.249. The first kappa shape index (κ1) is 17.2. The summed E-state index contributed by atoms with van der Waals surface area (Å²) in [5.74, 6) is 0.265. The Bertz CT molecular complexity index is 941. The Morgan fingerprint density at radius 1 is 1.19 bits per heavy atom. The van der Waals surface area contributed by atoms with Gasteiger partial charge in [0.25, 0.3) is 0 Å². The maximum atomic E-state index is 13.2. The molecule has 0 radical (unpaired) electrons. The number of imidazole rings is 1. The SMILES string of the molecule is Cn1ccnc1[C@H](NC(=O)Nc1ccc(C#N)cc1)c1ccc(F)cc1. The van der Waals surface area contributed by atoms with Gasteiger partial charge in [0, 0.05) is 25.1 Å². The highest BCUT2D eigenvalue weighted by Crippen LogP contribution is 2.21. The lowest BCUT2D eigenvalue weighted by atomic mass is 10.1. The van der Waals surface area contributed by atoms with Gasteiger partial charge in [0.05, 0.1) is 11.6 Å². The average molecular weight is 349 g/mol. The Balaban J connectivity index is 1.81. The molecule has 0 fully saturated rings. The zero-order valence-corrected chi connectivity index (χ0v) is 14.0. The van der Waals surface area contributed by atoms with Crippen LogP contribution >= 0.6 is 0 Å². The van der Waals surface area contributed by atoms with Crippen LogP contribution in [0.15, 0.2) is 60.9 Å². The van der Waals surface area contributed by atoms with E-state index in [1.165, 1.54) is 12.1 Å². The van der Waals surface area contributed by atoms with E-state index < -0.39 is 12.1 Å². The molecule has 0 aliphatic rings. The highest BCUT2D eigenvalue weighted by Gasteiger charge is 2.20. The van der Waals surface area contributed by atoms with E-state index in [9.17, 15) is 9.18 Å². The van der Waals surface area contributed by atoms with Gasteiger partial charge in [-0.05, 0) is 42.0 Å². The maximum absolute atomic E-state index is 13.2. The van der Waals surface area contributed by atoms with Gasteiger partial charge in [-0.15, -0.1) is 0 Å². The second-order valence-electron chi connectivity index (χ2n) is 5.67. The van der Waals surface area contributed by atoms with Gasteiger partial charge in [-0.2, -0.15) is 5.26 Å². The van der Waals surface area contributed by atoms with Crippen LogP contribution in [0.5, 0.6) is 0 Å². The van der Waals surface area contributed by atoms with Crippen LogP contribution in [-0.2, 0) is 7.05 Å². The Hall–Kier alpha value is -3.66. The van der Waals surface area contributed by atoms with E-state index in [1.54, 1.807) is 53.4 Å². The summed E-state index contributed by atoms with van der Waals surface area (Å²) >= 11 is 0. The third kappa shape index (κ3) is 3.87. The number of nitrogens with zero attached hydrogens (tertiary/aromatic N) is 3. The minimum atomic E-state index is -0.547. The van der Waals surface area contributed by atoms with Crippen LogP contribution in [0, 0.1) is 17.1 Å². The molecule has 26 heavy (non-hydrogen) atoms. The topological polar surface area (TPSA) is 82.7 Å². The Kier molecular flexibility index (Phi) is 4.94. The second-order valence-corrected chi connectivity index (χ2v) is 5.67. The Labute approximate surface area is 149 Å². The van der Waals surface area contributed by atoms with Crippen LogP contribution in [0.3, 0.4) is 0 Å². The number of aryl methyl sites for hydroxylation is 1. The molecule has 2 amide bonds. The summed E-state index contributed by atoms with van der Waals surface area (Å²) in [7, 11) is 1.82. The van der Waals surface area contributed by atoms with Crippen molar-refractivity contribution in [2.24, 2.45) is 7.05 Å². The normalized spacial score (nSPS) is 11.4. The number of benzene rings is 2. The van der Waals surface area contributed by atoms with Crippen molar-refractivity contribution in [2.45, 2.75) is 6.04 Å². The van der Waals surface area contributed by atoms with Gasteiger partial charge < -0.3 is 15.2 Å². The van der Waals surface area contributed by atoms with Gasteiger partial charge in [0.2, 0.25) is 0 Å². The smallest absolute Gasteiger partial charge is 0.320 e. The van der Waals surface area contributed by atoms with E-state index in [0.717, 1.165) is 0 Å². The van der Waals surface area contributed by atoms with E-state index in [-0.39, 0.29) is 5.82 Å². The standard InChI is InChI=1S/C19H16FN5O/c1-25-11-10-22-18(25)17(14-4-6-15(20)7-5-14)24-19(26)23-16-8-2-13(12-21)3-9-16/h2-11,17H,1H3,(H2,23,24,26)/t17-/m1/s1. The van der Waals surface area contributed by atoms with Crippen molar-refractivity contribution in [3.8, 4) is 6.07 Å². The summed E-state index contributed by atoms with van der Waals surface area (Å²) in [6, 6.07) is 13.5. The number of anilines is 1. The fraction of sp³-hybridized carbons (Fsp3) is 0.105. The number of urea groups is 1. The van der Waals surface area contributed by atoms with E-state index in [0.29, 0.717) is 22.6 Å². The summed E-state index contributed by atoms with van der Waals surface area (Å²) in [5.41, 5.74) is 1.77. The number of carbonyl (C=O) groups excluding carboxylic acids is 1. The molecule has 0 bridgehead atoms.